The van der Waals surface area contributed by atoms with E-state index in [2.05, 4.69) is 199 Å². The molecule has 0 unspecified atom stereocenters. The first-order chi connectivity index (χ1) is 26.3. The third-order valence-corrected chi connectivity index (χ3v) is 10.7. The predicted molar refractivity (Wildman–Crippen MR) is 222 cm³/mol. The number of hydrogen-bond donors (Lipinski definition) is 0. The van der Waals surface area contributed by atoms with Gasteiger partial charge in [0.15, 0.2) is 0 Å². The van der Waals surface area contributed by atoms with Crippen LogP contribution in [0.2, 0.25) is 0 Å². The van der Waals surface area contributed by atoms with E-state index in [1.165, 1.54) is 60.1 Å². The van der Waals surface area contributed by atoms with Gasteiger partial charge in [0.2, 0.25) is 0 Å². The molecule has 0 atom stereocenters. The SMILES string of the molecule is N#Cc1ccc(-c2ccc(-c3ccc(-c4c5ccccc5c(-c5ccccc5)c5ccccc45)cc3)cc2)cc1-n1c2ccccc2c2ccccc21. The maximum Gasteiger partial charge on any atom is 0.101 e. The zero-order valence-electron chi connectivity index (χ0n) is 28.9. The molecule has 53 heavy (non-hydrogen) atoms. The van der Waals surface area contributed by atoms with Gasteiger partial charge in [-0.25, -0.2) is 0 Å². The molecule has 0 N–H and O–H groups in total. The molecule has 0 saturated heterocycles. The van der Waals surface area contributed by atoms with Crippen LogP contribution in [0.1, 0.15) is 5.56 Å². The van der Waals surface area contributed by atoms with Crippen molar-refractivity contribution in [3.63, 3.8) is 0 Å². The number of aromatic nitrogens is 1. The summed E-state index contributed by atoms with van der Waals surface area (Å²) in [6.45, 7) is 0. The largest absolute Gasteiger partial charge is 0.308 e. The lowest BCUT2D eigenvalue weighted by Crippen LogP contribution is -1.98. The monoisotopic (exact) mass is 672 g/mol. The average molecular weight is 673 g/mol. The lowest BCUT2D eigenvalue weighted by molar-refractivity contribution is 1.17. The molecule has 0 radical (unpaired) electrons. The van der Waals surface area contributed by atoms with Crippen molar-refractivity contribution in [2.45, 2.75) is 0 Å². The molecule has 0 amide bonds. The molecule has 0 aliphatic heterocycles. The van der Waals surface area contributed by atoms with Crippen molar-refractivity contribution in [1.29, 1.82) is 5.26 Å². The number of rotatable bonds is 5. The summed E-state index contributed by atoms with van der Waals surface area (Å²) in [6, 6.07) is 71.5. The van der Waals surface area contributed by atoms with Crippen molar-refractivity contribution in [3.8, 4) is 56.3 Å². The molecule has 0 aliphatic rings. The van der Waals surface area contributed by atoms with Crippen LogP contribution in [0.3, 0.4) is 0 Å². The Morgan fingerprint density at radius 2 is 0.679 bits per heavy atom. The molecule has 0 bridgehead atoms. The molecule has 246 valence electrons. The van der Waals surface area contributed by atoms with E-state index in [9.17, 15) is 5.26 Å². The topological polar surface area (TPSA) is 28.7 Å². The van der Waals surface area contributed by atoms with Gasteiger partial charge in [-0.2, -0.15) is 5.26 Å². The minimum Gasteiger partial charge on any atom is -0.308 e. The van der Waals surface area contributed by atoms with Crippen molar-refractivity contribution in [2.75, 3.05) is 0 Å². The fraction of sp³-hybridized carbons (Fsp3) is 0. The smallest absolute Gasteiger partial charge is 0.101 e. The number of nitriles is 1. The number of nitrogens with zero attached hydrogens (tertiary/aromatic N) is 2. The van der Waals surface area contributed by atoms with Gasteiger partial charge in [0, 0.05) is 10.8 Å². The van der Waals surface area contributed by atoms with Crippen LogP contribution in [0, 0.1) is 11.3 Å². The molecule has 0 aliphatic carbocycles. The van der Waals surface area contributed by atoms with Crippen LogP contribution < -0.4 is 0 Å². The Kier molecular flexibility index (Phi) is 7.23. The normalized spacial score (nSPS) is 11.4. The molecule has 1 aromatic heterocycles. The highest BCUT2D eigenvalue weighted by Gasteiger charge is 2.18. The molecule has 10 aromatic rings. The summed E-state index contributed by atoms with van der Waals surface area (Å²) in [5, 5.41) is 17.6. The molecular weight excluding hydrogens is 641 g/mol. The summed E-state index contributed by atoms with van der Waals surface area (Å²) in [6.07, 6.45) is 0. The zero-order valence-corrected chi connectivity index (χ0v) is 28.9. The van der Waals surface area contributed by atoms with E-state index in [4.69, 9.17) is 0 Å². The summed E-state index contributed by atoms with van der Waals surface area (Å²) in [5.74, 6) is 0. The van der Waals surface area contributed by atoms with Crippen molar-refractivity contribution in [3.05, 3.63) is 200 Å². The van der Waals surface area contributed by atoms with Gasteiger partial charge in [0.25, 0.3) is 0 Å². The Morgan fingerprint density at radius 3 is 1.15 bits per heavy atom. The van der Waals surface area contributed by atoms with Crippen molar-refractivity contribution in [1.82, 2.24) is 4.57 Å². The van der Waals surface area contributed by atoms with Crippen LogP contribution in [0.4, 0.5) is 0 Å². The van der Waals surface area contributed by atoms with Gasteiger partial charge in [-0.05, 0) is 90.3 Å². The molecule has 9 aromatic carbocycles. The van der Waals surface area contributed by atoms with E-state index in [-0.39, 0.29) is 0 Å². The molecule has 10 rings (SSSR count). The molecule has 2 nitrogen and oxygen atoms in total. The van der Waals surface area contributed by atoms with Gasteiger partial charge >= 0.3 is 0 Å². The van der Waals surface area contributed by atoms with Crippen LogP contribution >= 0.6 is 0 Å². The lowest BCUT2D eigenvalue weighted by Gasteiger charge is -2.18. The fourth-order valence-corrected chi connectivity index (χ4v) is 8.21. The summed E-state index contributed by atoms with van der Waals surface area (Å²) in [7, 11) is 0. The Labute approximate surface area is 308 Å². The number of hydrogen-bond acceptors (Lipinski definition) is 1. The lowest BCUT2D eigenvalue weighted by atomic mass is 9.86. The maximum absolute atomic E-state index is 10.2. The summed E-state index contributed by atoms with van der Waals surface area (Å²) >= 11 is 0. The van der Waals surface area contributed by atoms with Gasteiger partial charge in [0.05, 0.1) is 22.3 Å². The van der Waals surface area contributed by atoms with Crippen molar-refractivity contribution >= 4 is 43.4 Å². The Morgan fingerprint density at radius 1 is 0.321 bits per heavy atom. The third kappa shape index (κ3) is 5.02. The predicted octanol–water partition coefficient (Wildman–Crippen LogP) is 13.6. The van der Waals surface area contributed by atoms with Gasteiger partial charge in [0.1, 0.15) is 6.07 Å². The minimum atomic E-state index is 0.646. The van der Waals surface area contributed by atoms with Gasteiger partial charge in [-0.3, -0.25) is 0 Å². The maximum atomic E-state index is 10.2. The van der Waals surface area contributed by atoms with Crippen molar-refractivity contribution < 1.29 is 0 Å². The molecular formula is C51H32N2. The molecule has 0 saturated carbocycles. The second kappa shape index (κ2) is 12.5. The third-order valence-electron chi connectivity index (χ3n) is 10.7. The quantitative estimate of drug-likeness (QED) is 0.167. The summed E-state index contributed by atoms with van der Waals surface area (Å²) in [4.78, 5) is 0. The number of para-hydroxylation sites is 2. The van der Waals surface area contributed by atoms with Crippen LogP contribution in [-0.4, -0.2) is 4.57 Å². The summed E-state index contributed by atoms with van der Waals surface area (Å²) < 4.78 is 2.23. The van der Waals surface area contributed by atoms with E-state index in [0.29, 0.717) is 5.56 Å². The molecule has 1 heterocycles. The van der Waals surface area contributed by atoms with Gasteiger partial charge < -0.3 is 4.57 Å². The highest BCUT2D eigenvalue weighted by Crippen LogP contribution is 2.44. The van der Waals surface area contributed by atoms with E-state index in [0.717, 1.165) is 33.4 Å². The first-order valence-corrected chi connectivity index (χ1v) is 18.0. The fourth-order valence-electron chi connectivity index (χ4n) is 8.21. The zero-order chi connectivity index (χ0) is 35.3. The second-order valence-corrected chi connectivity index (χ2v) is 13.6. The first kappa shape index (κ1) is 30.6. The van der Waals surface area contributed by atoms with Crippen LogP contribution in [0.15, 0.2) is 194 Å². The first-order valence-electron chi connectivity index (χ1n) is 18.0. The van der Waals surface area contributed by atoms with E-state index >= 15 is 0 Å². The van der Waals surface area contributed by atoms with E-state index < -0.39 is 0 Å². The Bertz CT molecular complexity index is 2920. The van der Waals surface area contributed by atoms with Crippen molar-refractivity contribution in [2.24, 2.45) is 0 Å². The molecule has 0 spiro atoms. The molecule has 2 heteroatoms. The van der Waals surface area contributed by atoms with Crippen LogP contribution in [0.5, 0.6) is 0 Å². The molecule has 0 fully saturated rings. The Balaban J connectivity index is 1.02. The van der Waals surface area contributed by atoms with Gasteiger partial charge in [-0.15, -0.1) is 0 Å². The minimum absolute atomic E-state index is 0.646. The van der Waals surface area contributed by atoms with E-state index in [1.54, 1.807) is 0 Å². The second-order valence-electron chi connectivity index (χ2n) is 13.6. The van der Waals surface area contributed by atoms with Gasteiger partial charge in [-0.1, -0.05) is 170 Å². The summed E-state index contributed by atoms with van der Waals surface area (Å²) in [5.41, 5.74) is 13.2. The number of benzene rings is 9. The average Bonchev–Trinajstić information content (AvgIpc) is 3.57. The standard InChI is InChI=1S/C51H32N2/c52-33-40-31-30-39(32-49(40)53-47-20-10-8-14-41(47)42-15-9-11-21-48(42)53)36-24-22-34(23-25-36)35-26-28-38(29-27-35)51-45-18-6-4-16-43(45)50(37-12-2-1-3-13-37)44-17-5-7-19-46(44)51/h1-32H. The Hall–Kier alpha value is -7.21. The van der Waals surface area contributed by atoms with Crippen LogP contribution in [-0.2, 0) is 0 Å². The van der Waals surface area contributed by atoms with Crippen LogP contribution in [0.25, 0.3) is 93.5 Å². The van der Waals surface area contributed by atoms with E-state index in [1.807, 2.05) is 6.07 Å². The highest BCUT2D eigenvalue weighted by atomic mass is 15.0. The number of fused-ring (bicyclic) bond motifs is 5. The highest BCUT2D eigenvalue weighted by molar-refractivity contribution is 6.21.